The molecule has 2 nitrogen and oxygen atoms in total. The van der Waals surface area contributed by atoms with Gasteiger partial charge in [0.05, 0.1) is 5.69 Å². The minimum Gasteiger partial charge on any atom is -0.297 e. The molecule has 1 aliphatic heterocycles. The van der Waals surface area contributed by atoms with Gasteiger partial charge in [-0.15, -0.1) is 0 Å². The lowest BCUT2D eigenvalue weighted by Gasteiger charge is -2.31. The predicted octanol–water partition coefficient (Wildman–Crippen LogP) is 3.68. The number of aromatic nitrogens is 1. The highest BCUT2D eigenvalue weighted by Crippen LogP contribution is 2.22. The van der Waals surface area contributed by atoms with Crippen molar-refractivity contribution in [3.8, 4) is 0 Å². The Labute approximate surface area is 125 Å². The van der Waals surface area contributed by atoms with E-state index in [0.29, 0.717) is 12.2 Å². The zero-order chi connectivity index (χ0) is 14.5. The van der Waals surface area contributed by atoms with Crippen LogP contribution in [0.1, 0.15) is 24.1 Å². The van der Waals surface area contributed by atoms with Gasteiger partial charge in [-0.1, -0.05) is 30.3 Å². The van der Waals surface area contributed by atoms with Gasteiger partial charge in [-0.25, -0.2) is 4.39 Å². The van der Waals surface area contributed by atoms with E-state index in [9.17, 15) is 4.39 Å². The normalized spacial score (nSPS) is 17.0. The minimum atomic E-state index is -0.191. The van der Waals surface area contributed by atoms with E-state index in [0.717, 1.165) is 25.4 Å². The van der Waals surface area contributed by atoms with Crippen molar-refractivity contribution in [2.24, 2.45) is 5.92 Å². The zero-order valence-electron chi connectivity index (χ0n) is 12.2. The third-order valence-corrected chi connectivity index (χ3v) is 4.28. The smallest absolute Gasteiger partial charge is 0.146 e. The van der Waals surface area contributed by atoms with E-state index in [2.05, 4.69) is 40.2 Å². The standard InChI is InChI=1S/C18H21FN2/c19-17-7-4-10-20-18(17)14-21-11-8-16(9-12-21)13-15-5-2-1-3-6-15/h1-7,10,16H,8-9,11-14H2. The average molecular weight is 284 g/mol. The van der Waals surface area contributed by atoms with Gasteiger partial charge >= 0.3 is 0 Å². The van der Waals surface area contributed by atoms with Crippen LogP contribution in [-0.4, -0.2) is 23.0 Å². The van der Waals surface area contributed by atoms with Crippen molar-refractivity contribution >= 4 is 0 Å². The monoisotopic (exact) mass is 284 g/mol. The maximum absolute atomic E-state index is 13.6. The first-order valence-corrected chi connectivity index (χ1v) is 7.67. The molecule has 0 atom stereocenters. The Balaban J connectivity index is 1.50. The highest BCUT2D eigenvalue weighted by molar-refractivity contribution is 5.15. The Morgan fingerprint density at radius 3 is 2.52 bits per heavy atom. The van der Waals surface area contributed by atoms with Crippen LogP contribution in [0, 0.1) is 11.7 Å². The molecule has 3 heteroatoms. The number of nitrogens with zero attached hydrogens (tertiary/aromatic N) is 2. The van der Waals surface area contributed by atoms with Crippen LogP contribution in [0.2, 0.25) is 0 Å². The Kier molecular flexibility index (Phi) is 4.61. The Morgan fingerprint density at radius 2 is 1.81 bits per heavy atom. The molecule has 0 spiro atoms. The lowest BCUT2D eigenvalue weighted by molar-refractivity contribution is 0.173. The van der Waals surface area contributed by atoms with Crippen LogP contribution in [0.25, 0.3) is 0 Å². The summed E-state index contributed by atoms with van der Waals surface area (Å²) in [6, 6.07) is 13.8. The van der Waals surface area contributed by atoms with Crippen LogP contribution in [-0.2, 0) is 13.0 Å². The first-order valence-electron chi connectivity index (χ1n) is 7.67. The number of hydrogen-bond donors (Lipinski definition) is 0. The highest BCUT2D eigenvalue weighted by atomic mass is 19.1. The van der Waals surface area contributed by atoms with Crippen LogP contribution in [0.3, 0.4) is 0 Å². The van der Waals surface area contributed by atoms with E-state index in [-0.39, 0.29) is 5.82 Å². The summed E-state index contributed by atoms with van der Waals surface area (Å²) in [5.41, 5.74) is 1.99. The van der Waals surface area contributed by atoms with Crippen molar-refractivity contribution in [1.29, 1.82) is 0 Å². The maximum Gasteiger partial charge on any atom is 0.146 e. The number of pyridine rings is 1. The van der Waals surface area contributed by atoms with Gasteiger partial charge in [-0.2, -0.15) is 0 Å². The largest absolute Gasteiger partial charge is 0.297 e. The van der Waals surface area contributed by atoms with Crippen LogP contribution in [0.5, 0.6) is 0 Å². The fraction of sp³-hybridized carbons (Fsp3) is 0.389. The first-order chi connectivity index (χ1) is 10.3. The average Bonchev–Trinajstić information content (AvgIpc) is 2.52. The van der Waals surface area contributed by atoms with Gasteiger partial charge in [0.2, 0.25) is 0 Å². The zero-order valence-corrected chi connectivity index (χ0v) is 12.2. The number of hydrogen-bond acceptors (Lipinski definition) is 2. The molecule has 0 saturated carbocycles. The van der Waals surface area contributed by atoms with Crippen molar-refractivity contribution in [3.05, 3.63) is 65.7 Å². The van der Waals surface area contributed by atoms with Crippen LogP contribution >= 0.6 is 0 Å². The summed E-state index contributed by atoms with van der Waals surface area (Å²) in [4.78, 5) is 6.45. The molecule has 2 aromatic rings. The van der Waals surface area contributed by atoms with E-state index in [1.807, 2.05) is 0 Å². The number of likely N-dealkylation sites (tertiary alicyclic amines) is 1. The predicted molar refractivity (Wildman–Crippen MR) is 82.3 cm³/mol. The molecular formula is C18H21FN2. The topological polar surface area (TPSA) is 16.1 Å². The first kappa shape index (κ1) is 14.2. The summed E-state index contributed by atoms with van der Waals surface area (Å²) in [7, 11) is 0. The van der Waals surface area contributed by atoms with E-state index < -0.39 is 0 Å². The SMILES string of the molecule is Fc1cccnc1CN1CCC(Cc2ccccc2)CC1. The molecule has 0 aliphatic carbocycles. The van der Waals surface area contributed by atoms with Crippen LogP contribution in [0.4, 0.5) is 4.39 Å². The van der Waals surface area contributed by atoms with Gasteiger partial charge in [-0.3, -0.25) is 9.88 Å². The number of piperidine rings is 1. The molecule has 0 amide bonds. The Bertz CT molecular complexity index is 562. The molecule has 3 rings (SSSR count). The van der Waals surface area contributed by atoms with Crippen molar-refractivity contribution in [2.45, 2.75) is 25.8 Å². The van der Waals surface area contributed by atoms with Crippen LogP contribution < -0.4 is 0 Å². The maximum atomic E-state index is 13.6. The molecule has 0 unspecified atom stereocenters. The van der Waals surface area contributed by atoms with E-state index >= 15 is 0 Å². The van der Waals surface area contributed by atoms with Crippen molar-refractivity contribution < 1.29 is 4.39 Å². The van der Waals surface area contributed by atoms with Gasteiger partial charge in [-0.05, 0) is 56.0 Å². The molecule has 2 heterocycles. The fourth-order valence-corrected chi connectivity index (χ4v) is 3.04. The van der Waals surface area contributed by atoms with Crippen LogP contribution in [0.15, 0.2) is 48.7 Å². The molecule has 0 radical (unpaired) electrons. The molecule has 1 fully saturated rings. The molecular weight excluding hydrogens is 263 g/mol. The van der Waals surface area contributed by atoms with Crippen molar-refractivity contribution in [3.63, 3.8) is 0 Å². The highest BCUT2D eigenvalue weighted by Gasteiger charge is 2.20. The quantitative estimate of drug-likeness (QED) is 0.851. The van der Waals surface area contributed by atoms with Gasteiger partial charge in [0.1, 0.15) is 5.82 Å². The van der Waals surface area contributed by atoms with Gasteiger partial charge in [0, 0.05) is 12.7 Å². The van der Waals surface area contributed by atoms with Crippen molar-refractivity contribution in [1.82, 2.24) is 9.88 Å². The summed E-state index contributed by atoms with van der Waals surface area (Å²) in [6.45, 7) is 2.70. The second-order valence-electron chi connectivity index (χ2n) is 5.84. The number of halogens is 1. The van der Waals surface area contributed by atoms with E-state index in [1.165, 1.54) is 24.5 Å². The lowest BCUT2D eigenvalue weighted by Crippen LogP contribution is -2.34. The van der Waals surface area contributed by atoms with E-state index in [1.54, 1.807) is 12.3 Å². The van der Waals surface area contributed by atoms with Gasteiger partial charge in [0.25, 0.3) is 0 Å². The summed E-state index contributed by atoms with van der Waals surface area (Å²) in [5, 5.41) is 0. The minimum absolute atomic E-state index is 0.191. The van der Waals surface area contributed by atoms with Crippen molar-refractivity contribution in [2.75, 3.05) is 13.1 Å². The third-order valence-electron chi connectivity index (χ3n) is 4.28. The second kappa shape index (κ2) is 6.81. The number of rotatable bonds is 4. The molecule has 1 aromatic heterocycles. The van der Waals surface area contributed by atoms with Gasteiger partial charge < -0.3 is 0 Å². The van der Waals surface area contributed by atoms with Gasteiger partial charge in [0.15, 0.2) is 0 Å². The summed E-state index contributed by atoms with van der Waals surface area (Å²) in [5.74, 6) is 0.557. The third kappa shape index (κ3) is 3.88. The molecule has 110 valence electrons. The number of benzene rings is 1. The Morgan fingerprint density at radius 1 is 1.05 bits per heavy atom. The lowest BCUT2D eigenvalue weighted by atomic mass is 9.90. The fourth-order valence-electron chi connectivity index (χ4n) is 3.04. The van der Waals surface area contributed by atoms with E-state index in [4.69, 9.17) is 0 Å². The summed E-state index contributed by atoms with van der Waals surface area (Å²) >= 11 is 0. The molecule has 1 saturated heterocycles. The molecule has 21 heavy (non-hydrogen) atoms. The summed E-state index contributed by atoms with van der Waals surface area (Å²) < 4.78 is 13.6. The Hall–Kier alpha value is -1.74. The molecule has 0 bridgehead atoms. The second-order valence-corrected chi connectivity index (χ2v) is 5.84. The summed E-state index contributed by atoms with van der Waals surface area (Å²) in [6.07, 6.45) is 5.19. The molecule has 1 aliphatic rings. The molecule has 1 aromatic carbocycles. The molecule has 0 N–H and O–H groups in total.